The molecule has 0 saturated carbocycles. The summed E-state index contributed by atoms with van der Waals surface area (Å²) in [4.78, 5) is 11.8. The minimum atomic E-state index is -0.477. The second-order valence-electron chi connectivity index (χ2n) is 5.84. The molecular formula is C15H32N2O2. The lowest BCUT2D eigenvalue weighted by Crippen LogP contribution is -2.38. The zero-order valence-electron chi connectivity index (χ0n) is 12.9. The van der Waals surface area contributed by atoms with Crippen molar-refractivity contribution < 1.29 is 9.53 Å². The van der Waals surface area contributed by atoms with E-state index in [0.717, 1.165) is 38.6 Å². The number of hydrogen-bond donors (Lipinski definition) is 2. The SMILES string of the molecule is CCC(C)(C)OC(=O)C(N)CCCCCCCCN. The lowest BCUT2D eigenvalue weighted by molar-refractivity contribution is -0.158. The molecule has 0 amide bonds. The number of carbonyl (C=O) groups excluding carboxylic acids is 1. The first kappa shape index (κ1) is 18.4. The van der Waals surface area contributed by atoms with E-state index in [2.05, 4.69) is 0 Å². The van der Waals surface area contributed by atoms with Crippen LogP contribution in [0.15, 0.2) is 0 Å². The summed E-state index contributed by atoms with van der Waals surface area (Å²) in [6.07, 6.45) is 8.37. The van der Waals surface area contributed by atoms with Crippen LogP contribution in [0.25, 0.3) is 0 Å². The Morgan fingerprint density at radius 2 is 1.63 bits per heavy atom. The minimum absolute atomic E-state index is 0.269. The molecule has 4 nitrogen and oxygen atoms in total. The topological polar surface area (TPSA) is 78.3 Å². The smallest absolute Gasteiger partial charge is 0.323 e. The number of rotatable bonds is 11. The Bertz CT molecular complexity index is 242. The van der Waals surface area contributed by atoms with Gasteiger partial charge in [0.05, 0.1) is 0 Å². The van der Waals surface area contributed by atoms with Crippen molar-refractivity contribution in [3.05, 3.63) is 0 Å². The summed E-state index contributed by atoms with van der Waals surface area (Å²) in [5.41, 5.74) is 10.9. The number of ether oxygens (including phenoxy) is 1. The molecule has 0 fully saturated rings. The van der Waals surface area contributed by atoms with Crippen LogP contribution in [-0.2, 0) is 9.53 Å². The summed E-state index contributed by atoms with van der Waals surface area (Å²) in [7, 11) is 0. The predicted molar refractivity (Wildman–Crippen MR) is 79.8 cm³/mol. The average molecular weight is 272 g/mol. The van der Waals surface area contributed by atoms with Crippen molar-refractivity contribution in [2.45, 2.75) is 83.8 Å². The van der Waals surface area contributed by atoms with Gasteiger partial charge in [-0.25, -0.2) is 0 Å². The van der Waals surface area contributed by atoms with Crippen LogP contribution in [0.3, 0.4) is 0 Å². The van der Waals surface area contributed by atoms with E-state index >= 15 is 0 Å². The molecule has 0 saturated heterocycles. The first-order valence-corrected chi connectivity index (χ1v) is 7.61. The number of hydrogen-bond acceptors (Lipinski definition) is 4. The molecule has 1 atom stereocenters. The molecular weight excluding hydrogens is 240 g/mol. The molecule has 0 aromatic carbocycles. The fraction of sp³-hybridized carbons (Fsp3) is 0.933. The van der Waals surface area contributed by atoms with E-state index in [4.69, 9.17) is 16.2 Å². The van der Waals surface area contributed by atoms with Crippen molar-refractivity contribution in [3.8, 4) is 0 Å². The van der Waals surface area contributed by atoms with Crippen LogP contribution in [0.4, 0.5) is 0 Å². The second-order valence-corrected chi connectivity index (χ2v) is 5.84. The van der Waals surface area contributed by atoms with E-state index in [0.29, 0.717) is 0 Å². The highest BCUT2D eigenvalue weighted by Gasteiger charge is 2.24. The Morgan fingerprint density at radius 1 is 1.11 bits per heavy atom. The Morgan fingerprint density at radius 3 is 2.16 bits per heavy atom. The van der Waals surface area contributed by atoms with Gasteiger partial charge in [-0.05, 0) is 39.7 Å². The van der Waals surface area contributed by atoms with Gasteiger partial charge in [0.2, 0.25) is 0 Å². The summed E-state index contributed by atoms with van der Waals surface area (Å²) in [6.45, 7) is 6.61. The predicted octanol–water partition coefficient (Wildman–Crippen LogP) is 2.73. The molecule has 1 unspecified atom stereocenters. The van der Waals surface area contributed by atoms with Crippen molar-refractivity contribution in [1.29, 1.82) is 0 Å². The highest BCUT2D eigenvalue weighted by Crippen LogP contribution is 2.15. The molecule has 0 spiro atoms. The zero-order valence-corrected chi connectivity index (χ0v) is 12.9. The van der Waals surface area contributed by atoms with Gasteiger partial charge in [0.15, 0.2) is 0 Å². The van der Waals surface area contributed by atoms with Crippen LogP contribution in [-0.4, -0.2) is 24.2 Å². The Balaban J connectivity index is 3.63. The fourth-order valence-corrected chi connectivity index (χ4v) is 1.75. The van der Waals surface area contributed by atoms with Crippen molar-refractivity contribution in [2.75, 3.05) is 6.54 Å². The second kappa shape index (κ2) is 10.2. The van der Waals surface area contributed by atoms with Crippen molar-refractivity contribution in [1.82, 2.24) is 0 Å². The maximum absolute atomic E-state index is 11.8. The van der Waals surface area contributed by atoms with Gasteiger partial charge in [0, 0.05) is 0 Å². The summed E-state index contributed by atoms with van der Waals surface area (Å²) in [6, 6.07) is -0.477. The van der Waals surface area contributed by atoms with Crippen molar-refractivity contribution in [2.24, 2.45) is 11.5 Å². The fourth-order valence-electron chi connectivity index (χ4n) is 1.75. The first-order valence-electron chi connectivity index (χ1n) is 7.61. The molecule has 19 heavy (non-hydrogen) atoms. The van der Waals surface area contributed by atoms with Crippen LogP contribution in [0.1, 0.15) is 72.1 Å². The lowest BCUT2D eigenvalue weighted by atomic mass is 10.0. The monoisotopic (exact) mass is 272 g/mol. The average Bonchev–Trinajstić information content (AvgIpc) is 2.37. The third kappa shape index (κ3) is 9.91. The van der Waals surface area contributed by atoms with Gasteiger partial charge in [0.25, 0.3) is 0 Å². The third-order valence-corrected chi connectivity index (χ3v) is 3.50. The van der Waals surface area contributed by atoms with Gasteiger partial charge in [0.1, 0.15) is 11.6 Å². The maximum Gasteiger partial charge on any atom is 0.323 e. The Kier molecular flexibility index (Phi) is 9.88. The van der Waals surface area contributed by atoms with Crippen LogP contribution in [0.2, 0.25) is 0 Å². The lowest BCUT2D eigenvalue weighted by Gasteiger charge is -2.25. The highest BCUT2D eigenvalue weighted by molar-refractivity contribution is 5.75. The molecule has 0 aromatic heterocycles. The van der Waals surface area contributed by atoms with E-state index < -0.39 is 11.6 Å². The van der Waals surface area contributed by atoms with Crippen LogP contribution >= 0.6 is 0 Å². The zero-order chi connectivity index (χ0) is 14.7. The molecule has 0 aliphatic heterocycles. The number of carbonyl (C=O) groups is 1. The quantitative estimate of drug-likeness (QED) is 0.448. The largest absolute Gasteiger partial charge is 0.459 e. The van der Waals surface area contributed by atoms with Crippen LogP contribution < -0.4 is 11.5 Å². The summed E-state index contributed by atoms with van der Waals surface area (Å²) in [5.74, 6) is -0.269. The number of esters is 1. The minimum Gasteiger partial charge on any atom is -0.459 e. The number of nitrogens with two attached hydrogens (primary N) is 2. The van der Waals surface area contributed by atoms with Gasteiger partial charge in [-0.3, -0.25) is 4.79 Å². The van der Waals surface area contributed by atoms with E-state index in [1.807, 2.05) is 20.8 Å². The van der Waals surface area contributed by atoms with Gasteiger partial charge >= 0.3 is 5.97 Å². The molecule has 0 rings (SSSR count). The molecule has 0 aliphatic carbocycles. The molecule has 4 N–H and O–H groups in total. The molecule has 0 bridgehead atoms. The van der Waals surface area contributed by atoms with Crippen molar-refractivity contribution >= 4 is 5.97 Å². The molecule has 0 radical (unpaired) electrons. The van der Waals surface area contributed by atoms with E-state index in [9.17, 15) is 4.79 Å². The maximum atomic E-state index is 11.8. The highest BCUT2D eigenvalue weighted by atomic mass is 16.6. The molecule has 0 aromatic rings. The standard InChI is InChI=1S/C15H32N2O2/c1-4-15(2,3)19-14(18)13(17)11-9-7-5-6-8-10-12-16/h13H,4-12,16-17H2,1-3H3. The van der Waals surface area contributed by atoms with Crippen LogP contribution in [0.5, 0.6) is 0 Å². The van der Waals surface area contributed by atoms with Crippen LogP contribution in [0, 0.1) is 0 Å². The van der Waals surface area contributed by atoms with E-state index in [1.165, 1.54) is 19.3 Å². The molecule has 4 heteroatoms. The van der Waals surface area contributed by atoms with Crippen molar-refractivity contribution in [3.63, 3.8) is 0 Å². The van der Waals surface area contributed by atoms with Gasteiger partial charge in [-0.15, -0.1) is 0 Å². The van der Waals surface area contributed by atoms with E-state index in [-0.39, 0.29) is 5.97 Å². The van der Waals surface area contributed by atoms with Gasteiger partial charge in [-0.1, -0.05) is 39.0 Å². The van der Waals surface area contributed by atoms with E-state index in [1.54, 1.807) is 0 Å². The first-order chi connectivity index (χ1) is 8.93. The molecule has 0 aliphatic rings. The normalized spacial score (nSPS) is 13.3. The summed E-state index contributed by atoms with van der Waals surface area (Å²) >= 11 is 0. The van der Waals surface area contributed by atoms with Gasteiger partial charge in [-0.2, -0.15) is 0 Å². The number of unbranched alkanes of at least 4 members (excludes halogenated alkanes) is 5. The summed E-state index contributed by atoms with van der Waals surface area (Å²) in [5, 5.41) is 0. The summed E-state index contributed by atoms with van der Waals surface area (Å²) < 4.78 is 5.38. The molecule has 0 heterocycles. The Hall–Kier alpha value is -0.610. The molecule has 114 valence electrons. The Labute approximate surface area is 118 Å². The van der Waals surface area contributed by atoms with Gasteiger partial charge < -0.3 is 16.2 Å². The third-order valence-electron chi connectivity index (χ3n) is 3.50.